The van der Waals surface area contributed by atoms with Gasteiger partial charge >= 0.3 is 5.97 Å². The Morgan fingerprint density at radius 3 is 2.75 bits per heavy atom. The Labute approximate surface area is 97.3 Å². The van der Waals surface area contributed by atoms with E-state index in [1.54, 1.807) is 20.8 Å². The highest BCUT2D eigenvalue weighted by atomic mass is 32.2. The first-order chi connectivity index (χ1) is 7.31. The maximum absolute atomic E-state index is 11.1. The number of rotatable bonds is 4. The van der Waals surface area contributed by atoms with E-state index in [9.17, 15) is 9.59 Å². The van der Waals surface area contributed by atoms with Gasteiger partial charge < -0.3 is 10.1 Å². The number of nitrogens with one attached hydrogen (secondary N) is 1. The molecule has 16 heavy (non-hydrogen) atoms. The van der Waals surface area contributed by atoms with E-state index in [1.807, 2.05) is 0 Å². The Hall–Kier alpha value is -1.30. The molecule has 0 unspecified atom stereocenters. The molecule has 0 aliphatic carbocycles. The van der Waals surface area contributed by atoms with Crippen molar-refractivity contribution in [1.29, 1.82) is 0 Å². The number of aryl methyl sites for hydroxylation is 1. The molecule has 0 atom stereocenters. The normalized spacial score (nSPS) is 11.4. The summed E-state index contributed by atoms with van der Waals surface area (Å²) >= 11 is 1.24. The van der Waals surface area contributed by atoms with Crippen LogP contribution < -0.4 is 5.56 Å². The summed E-state index contributed by atoms with van der Waals surface area (Å²) < 4.78 is 0. The van der Waals surface area contributed by atoms with Gasteiger partial charge in [0.2, 0.25) is 0 Å². The molecule has 0 fully saturated rings. The van der Waals surface area contributed by atoms with Crippen molar-refractivity contribution in [3.05, 3.63) is 22.1 Å². The number of aromatic amines is 1. The van der Waals surface area contributed by atoms with Crippen molar-refractivity contribution in [3.8, 4) is 0 Å². The number of nitrogens with zero attached hydrogens (tertiary/aromatic N) is 1. The lowest BCUT2D eigenvalue weighted by Gasteiger charge is -2.17. The molecule has 1 aromatic heterocycles. The second-order valence-electron chi connectivity index (χ2n) is 4.17. The summed E-state index contributed by atoms with van der Waals surface area (Å²) in [4.78, 5) is 28.7. The topological polar surface area (TPSA) is 83.0 Å². The van der Waals surface area contributed by atoms with E-state index in [2.05, 4.69) is 9.97 Å². The molecule has 0 spiro atoms. The zero-order chi connectivity index (χ0) is 12.3. The van der Waals surface area contributed by atoms with Crippen molar-refractivity contribution < 1.29 is 9.90 Å². The van der Waals surface area contributed by atoms with Gasteiger partial charge in [-0.3, -0.25) is 9.59 Å². The summed E-state index contributed by atoms with van der Waals surface area (Å²) in [5.74, 6) is -0.510. The number of hydrogen-bond acceptors (Lipinski definition) is 4. The van der Waals surface area contributed by atoms with Crippen LogP contribution in [0.25, 0.3) is 0 Å². The Bertz CT molecular complexity index is 454. The van der Waals surface area contributed by atoms with Gasteiger partial charge in [-0.2, -0.15) is 0 Å². The Balaban J connectivity index is 2.75. The average Bonchev–Trinajstić information content (AvgIpc) is 2.13. The van der Waals surface area contributed by atoms with Gasteiger partial charge in [0, 0.05) is 17.5 Å². The largest absolute Gasteiger partial charge is 0.481 e. The molecule has 88 valence electrons. The van der Waals surface area contributed by atoms with Gasteiger partial charge in [-0.15, -0.1) is 0 Å². The molecule has 1 heterocycles. The van der Waals surface area contributed by atoms with Crippen LogP contribution in [0, 0.1) is 12.3 Å². The molecular weight excluding hydrogens is 228 g/mol. The van der Waals surface area contributed by atoms with Gasteiger partial charge in [0.05, 0.1) is 5.41 Å². The van der Waals surface area contributed by atoms with Gasteiger partial charge in [0.25, 0.3) is 5.56 Å². The first-order valence-electron chi connectivity index (χ1n) is 4.75. The molecule has 2 N–H and O–H groups in total. The van der Waals surface area contributed by atoms with Crippen LogP contribution in [0.4, 0.5) is 0 Å². The third kappa shape index (κ3) is 3.37. The van der Waals surface area contributed by atoms with Crippen LogP contribution >= 0.6 is 11.8 Å². The highest BCUT2D eigenvalue weighted by molar-refractivity contribution is 7.99. The minimum Gasteiger partial charge on any atom is -0.481 e. The predicted molar refractivity (Wildman–Crippen MR) is 61.7 cm³/mol. The third-order valence-corrected chi connectivity index (χ3v) is 3.33. The lowest BCUT2D eigenvalue weighted by Crippen LogP contribution is -2.26. The standard InChI is InChI=1S/C10H14N2O3S/c1-6-4-7(13)12-9(11-6)16-5-10(2,3)8(14)15/h4H,5H2,1-3H3,(H,14,15)(H,11,12,13). The molecule has 1 rings (SSSR count). The van der Waals surface area contributed by atoms with Gasteiger partial charge in [0.1, 0.15) is 0 Å². The van der Waals surface area contributed by atoms with E-state index < -0.39 is 11.4 Å². The number of carboxylic acids is 1. The van der Waals surface area contributed by atoms with Gasteiger partial charge in [0.15, 0.2) is 5.16 Å². The molecule has 0 amide bonds. The minimum absolute atomic E-state index is 0.219. The fraction of sp³-hybridized carbons (Fsp3) is 0.500. The maximum atomic E-state index is 11.1. The van der Waals surface area contributed by atoms with Gasteiger partial charge in [-0.1, -0.05) is 11.8 Å². The number of aromatic nitrogens is 2. The zero-order valence-corrected chi connectivity index (χ0v) is 10.2. The predicted octanol–water partition coefficient (Wildman–Crippen LogP) is 1.28. The quantitative estimate of drug-likeness (QED) is 0.614. The average molecular weight is 242 g/mol. The van der Waals surface area contributed by atoms with E-state index in [4.69, 9.17) is 5.11 Å². The molecule has 0 aliphatic rings. The van der Waals surface area contributed by atoms with Crippen molar-refractivity contribution in [2.24, 2.45) is 5.41 Å². The van der Waals surface area contributed by atoms with Crippen molar-refractivity contribution in [3.63, 3.8) is 0 Å². The minimum atomic E-state index is -0.866. The van der Waals surface area contributed by atoms with Crippen molar-refractivity contribution in [2.45, 2.75) is 25.9 Å². The molecule has 1 aromatic rings. The van der Waals surface area contributed by atoms with Crippen molar-refractivity contribution >= 4 is 17.7 Å². The Morgan fingerprint density at radius 1 is 1.62 bits per heavy atom. The Kier molecular flexibility index (Phi) is 3.74. The van der Waals surface area contributed by atoms with Crippen molar-refractivity contribution in [1.82, 2.24) is 9.97 Å². The third-order valence-electron chi connectivity index (χ3n) is 2.00. The smallest absolute Gasteiger partial charge is 0.309 e. The molecule has 0 saturated carbocycles. The molecule has 0 bridgehead atoms. The number of hydrogen-bond donors (Lipinski definition) is 2. The van der Waals surface area contributed by atoms with Crippen LogP contribution in [0.2, 0.25) is 0 Å². The lowest BCUT2D eigenvalue weighted by atomic mass is 9.97. The van der Waals surface area contributed by atoms with Gasteiger partial charge in [-0.05, 0) is 20.8 Å². The molecule has 5 nitrogen and oxygen atoms in total. The van der Waals surface area contributed by atoms with Crippen LogP contribution in [0.3, 0.4) is 0 Å². The fourth-order valence-corrected chi connectivity index (χ4v) is 1.93. The molecule has 6 heteroatoms. The molecular formula is C10H14N2O3S. The summed E-state index contributed by atoms with van der Waals surface area (Å²) in [7, 11) is 0. The van der Waals surface area contributed by atoms with Crippen LogP contribution in [0.5, 0.6) is 0 Å². The van der Waals surface area contributed by atoms with Crippen LogP contribution in [-0.2, 0) is 4.79 Å². The monoisotopic (exact) mass is 242 g/mol. The highest BCUT2D eigenvalue weighted by Gasteiger charge is 2.27. The van der Waals surface area contributed by atoms with E-state index in [0.29, 0.717) is 16.6 Å². The number of H-pyrrole nitrogens is 1. The van der Waals surface area contributed by atoms with Crippen LogP contribution in [0.1, 0.15) is 19.5 Å². The number of carboxylic acid groups (broad SMARTS) is 1. The number of thioether (sulfide) groups is 1. The summed E-state index contributed by atoms with van der Waals surface area (Å²) in [5, 5.41) is 9.38. The highest BCUT2D eigenvalue weighted by Crippen LogP contribution is 2.25. The molecule has 0 aliphatic heterocycles. The summed E-state index contributed by atoms with van der Waals surface area (Å²) in [6.07, 6.45) is 0. The first-order valence-corrected chi connectivity index (χ1v) is 5.74. The SMILES string of the molecule is Cc1cc(=O)[nH]c(SCC(C)(C)C(=O)O)n1. The maximum Gasteiger partial charge on any atom is 0.309 e. The molecule has 0 radical (unpaired) electrons. The van der Waals surface area contributed by atoms with Crippen molar-refractivity contribution in [2.75, 3.05) is 5.75 Å². The Morgan fingerprint density at radius 2 is 2.25 bits per heavy atom. The van der Waals surface area contributed by atoms with E-state index in [1.165, 1.54) is 17.8 Å². The number of carbonyl (C=O) groups is 1. The number of aliphatic carboxylic acids is 1. The fourth-order valence-electron chi connectivity index (χ4n) is 0.930. The van der Waals surface area contributed by atoms with E-state index in [0.717, 1.165) is 0 Å². The van der Waals surface area contributed by atoms with Gasteiger partial charge in [-0.25, -0.2) is 4.98 Å². The lowest BCUT2D eigenvalue weighted by molar-refractivity contribution is -0.145. The summed E-state index contributed by atoms with van der Waals surface area (Å²) in [6, 6.07) is 1.40. The zero-order valence-electron chi connectivity index (χ0n) is 9.40. The first kappa shape index (κ1) is 12.8. The molecule has 0 aromatic carbocycles. The summed E-state index contributed by atoms with van der Waals surface area (Å²) in [5.41, 5.74) is -0.435. The second kappa shape index (κ2) is 4.69. The summed E-state index contributed by atoms with van der Waals surface area (Å²) in [6.45, 7) is 4.99. The molecule has 0 saturated heterocycles. The van der Waals surface area contributed by atoms with E-state index in [-0.39, 0.29) is 5.56 Å². The van der Waals surface area contributed by atoms with Crippen LogP contribution in [0.15, 0.2) is 16.0 Å². The van der Waals surface area contributed by atoms with E-state index >= 15 is 0 Å². The second-order valence-corrected chi connectivity index (χ2v) is 5.13. The van der Waals surface area contributed by atoms with Crippen LogP contribution in [-0.4, -0.2) is 26.8 Å².